The van der Waals surface area contributed by atoms with Gasteiger partial charge >= 0.3 is 5.97 Å². The normalized spacial score (nSPS) is 17.4. The maximum absolute atomic E-state index is 13.4. The number of hydrogen-bond acceptors (Lipinski definition) is 8. The van der Waals surface area contributed by atoms with Gasteiger partial charge < -0.3 is 33.5 Å². The molecule has 0 spiro atoms. The van der Waals surface area contributed by atoms with Crippen molar-refractivity contribution in [3.8, 4) is 28.7 Å². The van der Waals surface area contributed by atoms with Crippen molar-refractivity contribution < 1.29 is 38.3 Å². The van der Waals surface area contributed by atoms with Crippen LogP contribution in [0.4, 0.5) is 0 Å². The summed E-state index contributed by atoms with van der Waals surface area (Å²) in [7, 11) is 3.13. The lowest BCUT2D eigenvalue weighted by Crippen LogP contribution is -2.29. The van der Waals surface area contributed by atoms with E-state index in [1.54, 1.807) is 56.7 Å². The fourth-order valence-electron chi connectivity index (χ4n) is 5.02. The van der Waals surface area contributed by atoms with Gasteiger partial charge in [-0.15, -0.1) is 0 Å². The molecule has 6 rings (SSSR count). The highest BCUT2D eigenvalue weighted by Gasteiger charge is 2.48. The van der Waals surface area contributed by atoms with E-state index in [9.17, 15) is 9.90 Å². The van der Waals surface area contributed by atoms with Gasteiger partial charge in [0.25, 0.3) is 5.79 Å². The van der Waals surface area contributed by atoms with Crippen LogP contribution >= 0.6 is 0 Å². The van der Waals surface area contributed by atoms with Crippen molar-refractivity contribution in [2.45, 2.75) is 18.8 Å². The molecule has 4 aromatic rings. The number of carbonyl (C=O) groups excluding carboxylic acids is 1. The van der Waals surface area contributed by atoms with E-state index in [0.717, 1.165) is 11.1 Å². The Hall–Kier alpha value is -4.95. The van der Waals surface area contributed by atoms with Crippen LogP contribution in [0.2, 0.25) is 0 Å². The third-order valence-corrected chi connectivity index (χ3v) is 7.14. The monoisotopic (exact) mass is 552 g/mol. The zero-order valence-electron chi connectivity index (χ0n) is 22.6. The number of methoxy groups -OCH3 is 2. The Kier molecular flexibility index (Phi) is 6.99. The molecule has 0 aromatic heterocycles. The van der Waals surface area contributed by atoms with Crippen molar-refractivity contribution in [1.82, 2.24) is 0 Å². The van der Waals surface area contributed by atoms with Gasteiger partial charge in [-0.1, -0.05) is 42.5 Å². The smallest absolute Gasteiger partial charge is 0.342 e. The summed E-state index contributed by atoms with van der Waals surface area (Å²) in [5, 5.41) is 12.0. The largest absolute Gasteiger partial charge is 0.497 e. The summed E-state index contributed by atoms with van der Waals surface area (Å²) >= 11 is 0. The molecule has 0 fully saturated rings. The van der Waals surface area contributed by atoms with Gasteiger partial charge in [0, 0.05) is 17.6 Å². The Balaban J connectivity index is 1.39. The molecule has 8 nitrogen and oxygen atoms in total. The highest BCUT2D eigenvalue weighted by Crippen LogP contribution is 2.47. The lowest BCUT2D eigenvalue weighted by atomic mass is 9.88. The van der Waals surface area contributed by atoms with Gasteiger partial charge in [-0.3, -0.25) is 0 Å². The van der Waals surface area contributed by atoms with Crippen molar-refractivity contribution in [2.75, 3.05) is 21.0 Å². The molecule has 0 bridgehead atoms. The SMILES string of the molecule is COc1ccc(C2(O)OC(=O)C(c3ccc4c(c3)OCO4)=C2Cc2ccc(OCc3ccccc3)c(OC)c2)cc1. The third kappa shape index (κ3) is 5.05. The molecular weight excluding hydrogens is 524 g/mol. The first-order valence-electron chi connectivity index (χ1n) is 13.1. The molecule has 208 valence electrons. The molecule has 41 heavy (non-hydrogen) atoms. The number of carbonyl (C=O) groups is 1. The number of fused-ring (bicyclic) bond motifs is 1. The fourth-order valence-corrected chi connectivity index (χ4v) is 5.02. The van der Waals surface area contributed by atoms with Crippen molar-refractivity contribution in [3.63, 3.8) is 0 Å². The predicted octanol–water partition coefficient (Wildman–Crippen LogP) is 5.41. The number of benzene rings is 4. The number of esters is 1. The van der Waals surface area contributed by atoms with Crippen LogP contribution in [0, 0.1) is 0 Å². The van der Waals surface area contributed by atoms with Gasteiger partial charge in [0.15, 0.2) is 23.0 Å². The van der Waals surface area contributed by atoms with E-state index in [1.807, 2.05) is 48.5 Å². The highest BCUT2D eigenvalue weighted by molar-refractivity contribution is 6.20. The second-order valence-corrected chi connectivity index (χ2v) is 9.62. The zero-order chi connectivity index (χ0) is 28.4. The number of aliphatic hydroxyl groups is 1. The maximum atomic E-state index is 13.4. The second-order valence-electron chi connectivity index (χ2n) is 9.62. The Bertz CT molecular complexity index is 1610. The first kappa shape index (κ1) is 26.3. The van der Waals surface area contributed by atoms with Gasteiger partial charge in [-0.2, -0.15) is 0 Å². The molecule has 1 unspecified atom stereocenters. The Labute approximate surface area is 237 Å². The summed E-state index contributed by atoms with van der Waals surface area (Å²) in [6.07, 6.45) is 0.188. The van der Waals surface area contributed by atoms with Gasteiger partial charge in [0.1, 0.15) is 12.4 Å². The summed E-state index contributed by atoms with van der Waals surface area (Å²) in [5.74, 6) is 0.166. The van der Waals surface area contributed by atoms with E-state index in [2.05, 4.69) is 0 Å². The maximum Gasteiger partial charge on any atom is 0.342 e. The minimum atomic E-state index is -2.01. The summed E-state index contributed by atoms with van der Waals surface area (Å²) in [6, 6.07) is 27.4. The molecular formula is C33H28O8. The first-order chi connectivity index (χ1) is 20.0. The summed E-state index contributed by atoms with van der Waals surface area (Å²) in [5.41, 5.74) is 3.40. The van der Waals surface area contributed by atoms with E-state index in [4.69, 9.17) is 28.4 Å². The molecule has 0 radical (unpaired) electrons. The van der Waals surface area contributed by atoms with Crippen LogP contribution in [0.25, 0.3) is 5.57 Å². The topological polar surface area (TPSA) is 92.7 Å². The van der Waals surface area contributed by atoms with Gasteiger partial charge in [0.05, 0.1) is 19.8 Å². The summed E-state index contributed by atoms with van der Waals surface area (Å²) in [4.78, 5) is 13.4. The van der Waals surface area contributed by atoms with Crippen molar-refractivity contribution in [3.05, 3.63) is 119 Å². The molecule has 4 aromatic carbocycles. The van der Waals surface area contributed by atoms with Crippen LogP contribution in [0.1, 0.15) is 22.3 Å². The van der Waals surface area contributed by atoms with Crippen LogP contribution in [0.5, 0.6) is 28.7 Å². The Morgan fingerprint density at radius 2 is 1.59 bits per heavy atom. The number of ether oxygens (including phenoxy) is 6. The minimum Gasteiger partial charge on any atom is -0.497 e. The van der Waals surface area contributed by atoms with Crippen LogP contribution in [0.15, 0.2) is 96.6 Å². The number of hydrogen-bond donors (Lipinski definition) is 1. The molecule has 0 amide bonds. The molecule has 0 saturated carbocycles. The average molecular weight is 553 g/mol. The zero-order valence-corrected chi connectivity index (χ0v) is 22.6. The van der Waals surface area contributed by atoms with Crippen molar-refractivity contribution in [1.29, 1.82) is 0 Å². The number of cyclic esters (lactones) is 1. The molecule has 8 heteroatoms. The molecule has 2 aliphatic rings. The molecule has 2 heterocycles. The second kappa shape index (κ2) is 10.9. The Morgan fingerprint density at radius 3 is 2.34 bits per heavy atom. The van der Waals surface area contributed by atoms with E-state index in [0.29, 0.717) is 52.1 Å². The van der Waals surface area contributed by atoms with Gasteiger partial charge in [-0.25, -0.2) is 4.79 Å². The average Bonchev–Trinajstić information content (AvgIpc) is 3.58. The van der Waals surface area contributed by atoms with Gasteiger partial charge in [-0.05, 0) is 65.2 Å². The van der Waals surface area contributed by atoms with Gasteiger partial charge in [0.2, 0.25) is 6.79 Å². The standard InChI is InChI=1S/C33H28O8/c1-36-25-12-10-24(11-13-25)33(35)26(31(32(34)41-33)23-9-15-28-30(18-23)40-20-39-28)16-22-8-14-27(29(17-22)37-2)38-19-21-6-4-3-5-7-21/h3-15,17-18,35H,16,19-20H2,1-2H3. The van der Waals surface area contributed by atoms with Crippen LogP contribution < -0.4 is 23.7 Å². The molecule has 1 atom stereocenters. The first-order valence-corrected chi connectivity index (χ1v) is 13.1. The van der Waals surface area contributed by atoms with Crippen molar-refractivity contribution in [2.24, 2.45) is 0 Å². The van der Waals surface area contributed by atoms with E-state index in [-0.39, 0.29) is 18.8 Å². The number of rotatable bonds is 9. The lowest BCUT2D eigenvalue weighted by Gasteiger charge is -2.26. The van der Waals surface area contributed by atoms with Crippen molar-refractivity contribution >= 4 is 11.5 Å². The van der Waals surface area contributed by atoms with Crippen LogP contribution in [0.3, 0.4) is 0 Å². The van der Waals surface area contributed by atoms with E-state index >= 15 is 0 Å². The lowest BCUT2D eigenvalue weighted by molar-refractivity contribution is -0.185. The van der Waals surface area contributed by atoms with E-state index < -0.39 is 11.8 Å². The third-order valence-electron chi connectivity index (χ3n) is 7.14. The van der Waals surface area contributed by atoms with E-state index in [1.165, 1.54) is 0 Å². The molecule has 1 N–H and O–H groups in total. The summed E-state index contributed by atoms with van der Waals surface area (Å²) < 4.78 is 33.6. The highest BCUT2D eigenvalue weighted by atomic mass is 16.7. The summed E-state index contributed by atoms with van der Waals surface area (Å²) in [6.45, 7) is 0.485. The molecule has 0 saturated heterocycles. The fraction of sp³-hybridized carbons (Fsp3) is 0.182. The predicted molar refractivity (Wildman–Crippen MR) is 150 cm³/mol. The Morgan fingerprint density at radius 1 is 0.805 bits per heavy atom. The van der Waals surface area contributed by atoms with Crippen LogP contribution in [-0.2, 0) is 28.3 Å². The molecule has 0 aliphatic carbocycles. The minimum absolute atomic E-state index is 0.101. The van der Waals surface area contributed by atoms with Crippen LogP contribution in [-0.4, -0.2) is 32.1 Å². The molecule has 2 aliphatic heterocycles. The quantitative estimate of drug-likeness (QED) is 0.276.